The average Bonchev–Trinajstić information content (AvgIpc) is 3.36. The van der Waals surface area contributed by atoms with E-state index in [0.29, 0.717) is 66.2 Å². The molecular formula is C33H30BrClN2O7S. The van der Waals surface area contributed by atoms with Crippen molar-refractivity contribution in [1.29, 1.82) is 0 Å². The predicted molar refractivity (Wildman–Crippen MR) is 176 cm³/mol. The molecule has 4 aromatic rings. The van der Waals surface area contributed by atoms with Gasteiger partial charge in [-0.3, -0.25) is 9.36 Å². The molecule has 0 radical (unpaired) electrons. The van der Waals surface area contributed by atoms with Gasteiger partial charge in [0.25, 0.3) is 5.56 Å². The zero-order chi connectivity index (χ0) is 32.1. The topological polar surface area (TPSA) is 97.6 Å². The molecule has 0 fully saturated rings. The number of hydrogen-bond donors (Lipinski definition) is 0. The summed E-state index contributed by atoms with van der Waals surface area (Å²) < 4.78 is 30.8. The van der Waals surface area contributed by atoms with Gasteiger partial charge in [-0.15, -0.1) is 0 Å². The van der Waals surface area contributed by atoms with Crippen LogP contribution in [0.1, 0.15) is 36.6 Å². The summed E-state index contributed by atoms with van der Waals surface area (Å²) >= 11 is 11.1. The maximum Gasteiger partial charge on any atom is 0.337 e. The van der Waals surface area contributed by atoms with E-state index in [1.165, 1.54) is 29.2 Å². The number of nitrogens with zero attached hydrogens (tertiary/aromatic N) is 2. The number of methoxy groups -OCH3 is 2. The number of hydrogen-bond acceptors (Lipinski definition) is 9. The number of esters is 1. The Hall–Kier alpha value is -4.06. The van der Waals surface area contributed by atoms with E-state index in [1.807, 2.05) is 32.0 Å². The number of benzene rings is 3. The summed E-state index contributed by atoms with van der Waals surface area (Å²) in [5, 5.41) is 0.607. The number of rotatable bonds is 11. The van der Waals surface area contributed by atoms with E-state index in [0.717, 1.165) is 5.56 Å². The van der Waals surface area contributed by atoms with Gasteiger partial charge in [0.2, 0.25) is 0 Å². The summed E-state index contributed by atoms with van der Waals surface area (Å²) in [4.78, 5) is 31.8. The van der Waals surface area contributed by atoms with Gasteiger partial charge in [-0.1, -0.05) is 63.1 Å². The zero-order valence-corrected chi connectivity index (χ0v) is 28.1. The normalized spacial score (nSPS) is 14.2. The molecule has 0 bridgehead atoms. The molecule has 1 aromatic heterocycles. The lowest BCUT2D eigenvalue weighted by Gasteiger charge is -2.23. The molecule has 1 atom stereocenters. The second-order valence-electron chi connectivity index (χ2n) is 9.65. The number of carbonyl (C=O) groups is 1. The van der Waals surface area contributed by atoms with Gasteiger partial charge >= 0.3 is 5.97 Å². The van der Waals surface area contributed by atoms with Crippen LogP contribution in [0.4, 0.5) is 0 Å². The minimum absolute atomic E-state index is 0.214. The van der Waals surface area contributed by atoms with Crippen molar-refractivity contribution in [3.05, 3.63) is 112 Å². The molecule has 0 N–H and O–H groups in total. The third-order valence-electron chi connectivity index (χ3n) is 6.92. The van der Waals surface area contributed by atoms with Crippen molar-refractivity contribution in [3.8, 4) is 23.0 Å². The Labute approximate surface area is 277 Å². The Morgan fingerprint density at radius 1 is 1.00 bits per heavy atom. The Kier molecular flexibility index (Phi) is 10.3. The molecule has 0 amide bonds. The SMILES string of the molecule is CCOc1ccc([C@H]2C(C(=O)OC)=CN=c3s/c(=C\c4cc(OC)c(OCc5ccccc5Cl)cc4Br)c(=O)n32)cc1OCC. The fourth-order valence-corrected chi connectivity index (χ4v) is 6.42. The van der Waals surface area contributed by atoms with Gasteiger partial charge in [0, 0.05) is 21.3 Å². The molecule has 3 aromatic carbocycles. The highest BCUT2D eigenvalue weighted by Crippen LogP contribution is 2.36. The van der Waals surface area contributed by atoms with E-state index in [9.17, 15) is 9.59 Å². The Morgan fingerprint density at radius 2 is 1.73 bits per heavy atom. The highest BCUT2D eigenvalue weighted by molar-refractivity contribution is 9.10. The minimum atomic E-state index is -0.802. The maximum atomic E-state index is 14.0. The zero-order valence-electron chi connectivity index (χ0n) is 25.0. The Balaban J connectivity index is 1.57. The second kappa shape index (κ2) is 14.4. The van der Waals surface area contributed by atoms with Crippen molar-refractivity contribution in [3.63, 3.8) is 0 Å². The fraction of sp³-hybridized carbons (Fsp3) is 0.242. The Morgan fingerprint density at radius 3 is 2.44 bits per heavy atom. The van der Waals surface area contributed by atoms with Gasteiger partial charge in [0.05, 0.1) is 43.6 Å². The standard InChI is InChI=1S/C33H30BrClN2O7S/c1-5-42-25-12-11-19(13-27(25)43-6-2)30-22(32(39)41-4)17-36-33-37(30)31(38)29(45-33)15-21-14-26(40-3)28(16-23(21)34)44-18-20-9-7-8-10-24(20)35/h7-17,30H,5-6,18H2,1-4H3/b29-15-/t30-/m0/s1. The molecule has 1 aliphatic rings. The van der Waals surface area contributed by atoms with Gasteiger partial charge in [-0.05, 0) is 61.4 Å². The van der Waals surface area contributed by atoms with E-state index in [2.05, 4.69) is 20.9 Å². The first-order valence-electron chi connectivity index (χ1n) is 14.0. The van der Waals surface area contributed by atoms with Crippen molar-refractivity contribution < 1.29 is 28.5 Å². The lowest BCUT2D eigenvalue weighted by atomic mass is 9.97. The molecule has 0 unspecified atom stereocenters. The quantitative estimate of drug-likeness (QED) is 0.181. The largest absolute Gasteiger partial charge is 0.493 e. The first-order valence-corrected chi connectivity index (χ1v) is 16.0. The van der Waals surface area contributed by atoms with Gasteiger partial charge < -0.3 is 23.7 Å². The van der Waals surface area contributed by atoms with Gasteiger partial charge in [0.15, 0.2) is 27.8 Å². The van der Waals surface area contributed by atoms with Crippen LogP contribution in [0.5, 0.6) is 23.0 Å². The lowest BCUT2D eigenvalue weighted by Crippen LogP contribution is -2.39. The second-order valence-corrected chi connectivity index (χ2v) is 11.9. The predicted octanol–water partition coefficient (Wildman–Crippen LogP) is 5.82. The molecule has 0 spiro atoms. The van der Waals surface area contributed by atoms with Crippen LogP contribution in [0.15, 0.2) is 80.6 Å². The lowest BCUT2D eigenvalue weighted by molar-refractivity contribution is -0.136. The Bertz CT molecular complexity index is 1950. The van der Waals surface area contributed by atoms with Crippen LogP contribution in [0, 0.1) is 0 Å². The van der Waals surface area contributed by atoms with E-state index < -0.39 is 12.0 Å². The molecule has 12 heteroatoms. The van der Waals surface area contributed by atoms with Crippen LogP contribution in [0.3, 0.4) is 0 Å². The third-order valence-corrected chi connectivity index (χ3v) is 8.97. The molecular weight excluding hydrogens is 684 g/mol. The molecule has 1 aliphatic heterocycles. The van der Waals surface area contributed by atoms with Gasteiger partial charge in [-0.25, -0.2) is 9.79 Å². The molecule has 45 heavy (non-hydrogen) atoms. The van der Waals surface area contributed by atoms with E-state index >= 15 is 0 Å². The van der Waals surface area contributed by atoms with Crippen LogP contribution in [-0.2, 0) is 16.1 Å². The minimum Gasteiger partial charge on any atom is -0.493 e. The first kappa shape index (κ1) is 32.3. The van der Waals surface area contributed by atoms with Crippen LogP contribution in [-0.4, -0.2) is 38.0 Å². The summed E-state index contributed by atoms with van der Waals surface area (Å²) in [7, 11) is 2.84. The highest BCUT2D eigenvalue weighted by atomic mass is 79.9. The number of halogens is 2. The van der Waals surface area contributed by atoms with E-state index in [4.69, 9.17) is 35.3 Å². The number of thiazole rings is 1. The molecule has 2 heterocycles. The third kappa shape index (κ3) is 6.80. The van der Waals surface area contributed by atoms with Crippen LogP contribution in [0.25, 0.3) is 6.08 Å². The van der Waals surface area contributed by atoms with Crippen LogP contribution >= 0.6 is 38.9 Å². The van der Waals surface area contributed by atoms with Crippen molar-refractivity contribution in [2.75, 3.05) is 27.4 Å². The van der Waals surface area contributed by atoms with Crippen LogP contribution in [0.2, 0.25) is 5.02 Å². The summed E-state index contributed by atoms with van der Waals surface area (Å²) in [6.07, 6.45) is 3.20. The summed E-state index contributed by atoms with van der Waals surface area (Å²) in [5.41, 5.74) is 2.06. The highest BCUT2D eigenvalue weighted by Gasteiger charge is 2.31. The number of ether oxygens (including phenoxy) is 5. The molecule has 0 saturated heterocycles. The maximum absolute atomic E-state index is 14.0. The molecule has 0 aliphatic carbocycles. The van der Waals surface area contributed by atoms with Crippen molar-refractivity contribution in [2.45, 2.75) is 26.5 Å². The van der Waals surface area contributed by atoms with Crippen LogP contribution < -0.4 is 33.8 Å². The van der Waals surface area contributed by atoms with Crippen molar-refractivity contribution in [2.24, 2.45) is 4.99 Å². The van der Waals surface area contributed by atoms with Gasteiger partial charge in [0.1, 0.15) is 6.61 Å². The number of carbonyl (C=O) groups excluding carboxylic acids is 1. The molecule has 234 valence electrons. The number of fused-ring (bicyclic) bond motifs is 1. The fourth-order valence-electron chi connectivity index (χ4n) is 4.83. The first-order chi connectivity index (χ1) is 21.8. The summed E-state index contributed by atoms with van der Waals surface area (Å²) in [5.74, 6) is 1.47. The van der Waals surface area contributed by atoms with E-state index in [1.54, 1.807) is 49.6 Å². The summed E-state index contributed by atoms with van der Waals surface area (Å²) in [6, 6.07) is 15.6. The smallest absolute Gasteiger partial charge is 0.337 e. The van der Waals surface area contributed by atoms with E-state index in [-0.39, 0.29) is 17.7 Å². The molecule has 9 nitrogen and oxygen atoms in total. The van der Waals surface area contributed by atoms with Crippen molar-refractivity contribution >= 4 is 50.9 Å². The monoisotopic (exact) mass is 712 g/mol. The van der Waals surface area contributed by atoms with Crippen molar-refractivity contribution in [1.82, 2.24) is 4.57 Å². The molecule has 5 rings (SSSR count). The molecule has 0 saturated carbocycles. The number of aromatic nitrogens is 1. The van der Waals surface area contributed by atoms with Gasteiger partial charge in [-0.2, -0.15) is 0 Å². The summed E-state index contributed by atoms with van der Waals surface area (Å²) in [6.45, 7) is 4.87. The average molecular weight is 714 g/mol.